The van der Waals surface area contributed by atoms with E-state index in [1.807, 2.05) is 0 Å². The van der Waals surface area contributed by atoms with Gasteiger partial charge in [0.25, 0.3) is 0 Å². The maximum Gasteiger partial charge on any atom is 0.337 e. The lowest BCUT2D eigenvalue weighted by Crippen LogP contribution is -2.63. The van der Waals surface area contributed by atoms with Gasteiger partial charge in [-0.15, -0.1) is 6.58 Å². The van der Waals surface area contributed by atoms with Crippen molar-refractivity contribution in [3.8, 4) is 0 Å². The minimum atomic E-state index is -1.51. The summed E-state index contributed by atoms with van der Waals surface area (Å²) >= 11 is 0. The highest BCUT2D eigenvalue weighted by Crippen LogP contribution is 2.41. The molecule has 0 aromatic carbocycles. The third kappa shape index (κ3) is 8.10. The number of carbonyl (C=O) groups excluding carboxylic acids is 5. The molecule has 16 nitrogen and oxygen atoms in total. The van der Waals surface area contributed by atoms with Crippen LogP contribution in [0.3, 0.4) is 0 Å². The maximum absolute atomic E-state index is 12.9. The first-order valence-corrected chi connectivity index (χ1v) is 14.7. The van der Waals surface area contributed by atoms with Crippen LogP contribution in [0.1, 0.15) is 51.5 Å². The summed E-state index contributed by atoms with van der Waals surface area (Å²) in [5.74, 6) is -4.86. The van der Waals surface area contributed by atoms with Gasteiger partial charge in [-0.3, -0.25) is 19.2 Å². The summed E-state index contributed by atoms with van der Waals surface area (Å²) in [6.07, 6.45) is -2.62. The molecule has 16 heteroatoms. The number of imidazole rings is 1. The second-order valence-electron chi connectivity index (χ2n) is 11.0. The topological polar surface area (TPSA) is 200 Å². The molecule has 252 valence electrons. The van der Waals surface area contributed by atoms with Gasteiger partial charge in [0.2, 0.25) is 12.6 Å². The Balaban J connectivity index is 1.69. The maximum atomic E-state index is 12.9. The van der Waals surface area contributed by atoms with Crippen LogP contribution in [0, 0.1) is 11.8 Å². The zero-order valence-corrected chi connectivity index (χ0v) is 26.2. The molecule has 0 aliphatic carbocycles. The fourth-order valence-electron chi connectivity index (χ4n) is 5.89. The van der Waals surface area contributed by atoms with E-state index in [1.165, 1.54) is 20.3 Å². The number of hydrogen-bond donors (Lipinski definition) is 2. The van der Waals surface area contributed by atoms with Gasteiger partial charge < -0.3 is 48.2 Å². The average molecular weight is 650 g/mol. The molecule has 0 bridgehead atoms. The van der Waals surface area contributed by atoms with Crippen LogP contribution >= 0.6 is 0 Å². The summed E-state index contributed by atoms with van der Waals surface area (Å²) in [6, 6.07) is -0.236. The molecule has 2 N–H and O–H groups in total. The molecule has 1 saturated heterocycles. The number of nitrogens with one attached hydrogen (secondary N) is 2. The Kier molecular flexibility index (Phi) is 11.5. The predicted octanol–water partition coefficient (Wildman–Crippen LogP) is 0.918. The van der Waals surface area contributed by atoms with E-state index in [9.17, 15) is 24.0 Å². The fourth-order valence-corrected chi connectivity index (χ4v) is 5.89. The molecule has 9 atom stereocenters. The van der Waals surface area contributed by atoms with Crippen molar-refractivity contribution in [2.75, 3.05) is 20.3 Å². The lowest BCUT2D eigenvalue weighted by Gasteiger charge is -2.46. The van der Waals surface area contributed by atoms with Crippen molar-refractivity contribution in [1.29, 1.82) is 0 Å². The molecule has 4 heterocycles. The predicted molar refractivity (Wildman–Crippen MR) is 153 cm³/mol. The Morgan fingerprint density at radius 3 is 2.28 bits per heavy atom. The molecular weight excluding hydrogens is 610 g/mol. The van der Waals surface area contributed by atoms with Gasteiger partial charge in [-0.2, -0.15) is 0 Å². The molecule has 0 unspecified atom stereocenters. The van der Waals surface area contributed by atoms with Crippen LogP contribution in [0.15, 0.2) is 30.8 Å². The Labute approximate surface area is 265 Å². The van der Waals surface area contributed by atoms with E-state index in [4.69, 9.17) is 37.9 Å². The number of carbonyl (C=O) groups is 5. The quantitative estimate of drug-likeness (QED) is 0.195. The number of fused-ring (bicyclic) bond motifs is 1. The molecule has 0 spiro atoms. The molecule has 1 fully saturated rings. The van der Waals surface area contributed by atoms with Crippen LogP contribution < -0.4 is 5.32 Å². The number of methoxy groups -OCH3 is 1. The number of aromatic nitrogens is 2. The van der Waals surface area contributed by atoms with Crippen molar-refractivity contribution in [3.05, 3.63) is 42.2 Å². The molecule has 1 aromatic rings. The van der Waals surface area contributed by atoms with Crippen LogP contribution in [-0.2, 0) is 68.3 Å². The minimum absolute atomic E-state index is 0.234. The highest BCUT2D eigenvalue weighted by atomic mass is 16.8. The molecule has 3 aliphatic rings. The number of H-pyrrole nitrogens is 1. The van der Waals surface area contributed by atoms with Crippen molar-refractivity contribution in [1.82, 2.24) is 15.3 Å². The lowest BCUT2D eigenvalue weighted by molar-refractivity contribution is -0.342. The first-order valence-electron chi connectivity index (χ1n) is 14.7. The molecule has 0 saturated carbocycles. The van der Waals surface area contributed by atoms with Gasteiger partial charge in [0.1, 0.15) is 12.7 Å². The van der Waals surface area contributed by atoms with Gasteiger partial charge in [0, 0.05) is 58.2 Å². The van der Waals surface area contributed by atoms with Crippen LogP contribution in [0.4, 0.5) is 0 Å². The molecule has 0 amide bonds. The van der Waals surface area contributed by atoms with Gasteiger partial charge in [-0.1, -0.05) is 6.08 Å². The number of ether oxygens (including phenoxy) is 8. The lowest BCUT2D eigenvalue weighted by atomic mass is 9.78. The summed E-state index contributed by atoms with van der Waals surface area (Å²) in [6.45, 7) is 8.76. The van der Waals surface area contributed by atoms with Crippen LogP contribution in [-0.4, -0.2) is 97.1 Å². The first-order chi connectivity index (χ1) is 21.9. The van der Waals surface area contributed by atoms with E-state index in [0.29, 0.717) is 13.0 Å². The third-order valence-corrected chi connectivity index (χ3v) is 7.75. The number of rotatable bonds is 11. The van der Waals surface area contributed by atoms with Crippen LogP contribution in [0.5, 0.6) is 0 Å². The van der Waals surface area contributed by atoms with Crippen molar-refractivity contribution in [2.45, 2.75) is 83.6 Å². The summed E-state index contributed by atoms with van der Waals surface area (Å²) in [4.78, 5) is 68.7. The van der Waals surface area contributed by atoms with Gasteiger partial charge in [-0.05, 0) is 6.42 Å². The normalized spacial score (nSPS) is 30.4. The van der Waals surface area contributed by atoms with Crippen molar-refractivity contribution in [3.63, 3.8) is 0 Å². The Morgan fingerprint density at radius 2 is 1.65 bits per heavy atom. The SMILES string of the molecule is C=C[C@H]1[C@H](O[C@@H]2O[C@H](COC(C)=O)[C@@H](OC(C)=O)[C@H](OC(C)=O)[C@H]2OC(C)=O)OC=C(C(=O)OC)[C@H]1C[C@@H]1NCCc2[nH]cnc21. The first kappa shape index (κ1) is 34.6. The standard InChI is InChI=1S/C30H39N3O13/c1-7-18-19(10-22-24-21(8-9-31-22)32-13-33-24)20(28(38)39-6)11-41-29(18)46-30-27(44-17(5)37)26(43-16(4)36)25(42-15(3)35)23(45-30)12-40-14(2)34/h7,11,13,18-19,22-23,25-27,29-31H,1,8-10,12H2,2-6H3,(H,32,33)/t18-,19+,22+,23-,25-,26+,27-,29+,30+/m1/s1. The van der Waals surface area contributed by atoms with Gasteiger partial charge in [-0.25, -0.2) is 9.78 Å². The molecule has 1 aromatic heterocycles. The van der Waals surface area contributed by atoms with Crippen LogP contribution in [0.2, 0.25) is 0 Å². The molecule has 0 radical (unpaired) electrons. The van der Waals surface area contributed by atoms with E-state index in [-0.39, 0.29) is 11.6 Å². The zero-order chi connectivity index (χ0) is 33.5. The highest BCUT2D eigenvalue weighted by Gasteiger charge is 2.54. The number of aromatic amines is 1. The van der Waals surface area contributed by atoms with Gasteiger partial charge in [0.05, 0.1) is 37.0 Å². The summed E-state index contributed by atoms with van der Waals surface area (Å²) < 4.78 is 44.9. The van der Waals surface area contributed by atoms with E-state index >= 15 is 0 Å². The highest BCUT2D eigenvalue weighted by molar-refractivity contribution is 5.89. The van der Waals surface area contributed by atoms with Crippen LogP contribution in [0.25, 0.3) is 0 Å². The van der Waals surface area contributed by atoms with Crippen molar-refractivity contribution < 1.29 is 61.9 Å². The van der Waals surface area contributed by atoms with Gasteiger partial charge in [0.15, 0.2) is 18.3 Å². The second-order valence-corrected chi connectivity index (χ2v) is 11.0. The van der Waals surface area contributed by atoms with E-state index in [2.05, 4.69) is 21.9 Å². The Hall–Kier alpha value is -4.28. The fraction of sp³-hybridized carbons (Fsp3) is 0.600. The molecular formula is C30H39N3O13. The van der Waals surface area contributed by atoms with Gasteiger partial charge >= 0.3 is 29.8 Å². The largest absolute Gasteiger partial charge is 0.471 e. The summed E-state index contributed by atoms with van der Waals surface area (Å²) in [5, 5.41) is 3.44. The van der Waals surface area contributed by atoms with Crippen molar-refractivity contribution in [2.24, 2.45) is 11.8 Å². The minimum Gasteiger partial charge on any atom is -0.471 e. The van der Waals surface area contributed by atoms with Crippen molar-refractivity contribution >= 4 is 29.8 Å². The zero-order valence-electron chi connectivity index (χ0n) is 26.2. The second kappa shape index (κ2) is 15.3. The molecule has 46 heavy (non-hydrogen) atoms. The van der Waals surface area contributed by atoms with E-state index in [0.717, 1.165) is 38.6 Å². The smallest absolute Gasteiger partial charge is 0.337 e. The number of esters is 5. The van der Waals surface area contributed by atoms with E-state index in [1.54, 1.807) is 12.4 Å². The summed E-state index contributed by atoms with van der Waals surface area (Å²) in [7, 11) is 1.26. The molecule has 3 aliphatic heterocycles. The third-order valence-electron chi connectivity index (χ3n) is 7.75. The van der Waals surface area contributed by atoms with E-state index < -0.39 is 85.3 Å². The number of nitrogens with zero attached hydrogens (tertiary/aromatic N) is 1. The summed E-state index contributed by atoms with van der Waals surface area (Å²) in [5.41, 5.74) is 2.04. The Bertz CT molecular complexity index is 1340. The average Bonchev–Trinajstić information content (AvgIpc) is 3.48. The Morgan fingerprint density at radius 1 is 0.978 bits per heavy atom. The number of hydrogen-bond acceptors (Lipinski definition) is 15. The monoisotopic (exact) mass is 649 g/mol. The molecule has 4 rings (SSSR count).